The summed E-state index contributed by atoms with van der Waals surface area (Å²) < 4.78 is 5.40. The Bertz CT molecular complexity index is 1210. The molecule has 10 nitrogen and oxygen atoms in total. The van der Waals surface area contributed by atoms with Crippen molar-refractivity contribution in [1.29, 1.82) is 0 Å². The molecule has 35 heavy (non-hydrogen) atoms. The summed E-state index contributed by atoms with van der Waals surface area (Å²) in [6.45, 7) is 0.920. The summed E-state index contributed by atoms with van der Waals surface area (Å²) in [5, 5.41) is 3.58. The Morgan fingerprint density at radius 1 is 1.26 bits per heavy atom. The Hall–Kier alpha value is -3.56. The van der Waals surface area contributed by atoms with Gasteiger partial charge < -0.3 is 31.4 Å². The van der Waals surface area contributed by atoms with E-state index in [4.69, 9.17) is 16.2 Å². The molecule has 5 atom stereocenters. The van der Waals surface area contributed by atoms with Crippen LogP contribution in [-0.2, 0) is 14.4 Å². The zero-order valence-electron chi connectivity index (χ0n) is 19.7. The molecular formula is C25H31N5O5. The quantitative estimate of drug-likeness (QED) is 0.461. The molecule has 2 saturated heterocycles. The first-order chi connectivity index (χ1) is 16.7. The minimum absolute atomic E-state index is 0.0444. The standard InChI is InChI=1S/C25H31N5O5/c1-35-20-4-2-3-17-15(20)10-18(29-17)24(34)30-12-25(11-19(30)22(27)32)7-5-16(25)14(21(26)31)9-13-6-8-28-23(13)33/h2-4,10,13-14,16,19,29H,5-9,11-12H2,1H3,(H2,26,31)(H2,27,32)(H,28,33)/t13-,14+,16?,19?,25?/m1/s1. The van der Waals surface area contributed by atoms with Gasteiger partial charge in [0.15, 0.2) is 0 Å². The number of hydrogen-bond donors (Lipinski definition) is 4. The zero-order valence-corrected chi connectivity index (χ0v) is 19.7. The Kier molecular flexibility index (Phi) is 5.69. The highest BCUT2D eigenvalue weighted by atomic mass is 16.5. The molecule has 2 aliphatic heterocycles. The van der Waals surface area contributed by atoms with Crippen molar-refractivity contribution in [1.82, 2.24) is 15.2 Å². The van der Waals surface area contributed by atoms with Crippen LogP contribution in [0.1, 0.15) is 42.6 Å². The number of nitrogens with two attached hydrogens (primary N) is 2. The Labute approximate surface area is 202 Å². The Morgan fingerprint density at radius 2 is 2.06 bits per heavy atom. The van der Waals surface area contributed by atoms with Gasteiger partial charge in [0.25, 0.3) is 5.91 Å². The maximum atomic E-state index is 13.6. The fraction of sp³-hybridized carbons (Fsp3) is 0.520. The van der Waals surface area contributed by atoms with E-state index >= 15 is 0 Å². The van der Waals surface area contributed by atoms with E-state index < -0.39 is 29.2 Å². The summed E-state index contributed by atoms with van der Waals surface area (Å²) in [5.74, 6) is -1.55. The number of aromatic nitrogens is 1. The lowest BCUT2D eigenvalue weighted by atomic mass is 9.53. The predicted molar refractivity (Wildman–Crippen MR) is 127 cm³/mol. The monoisotopic (exact) mass is 481 g/mol. The Morgan fingerprint density at radius 3 is 2.66 bits per heavy atom. The SMILES string of the molecule is COc1cccc2[nH]c(C(=O)N3CC4(CCC4[C@H](C[C@H]4CCNC4=O)C(N)=O)CC3C(N)=O)cc12. The number of methoxy groups -OCH3 is 1. The van der Waals surface area contributed by atoms with Crippen LogP contribution in [0.2, 0.25) is 0 Å². The number of aromatic amines is 1. The van der Waals surface area contributed by atoms with Crippen molar-refractivity contribution in [3.8, 4) is 5.75 Å². The number of carbonyl (C=O) groups excluding carboxylic acids is 4. The van der Waals surface area contributed by atoms with Gasteiger partial charge in [-0.05, 0) is 61.6 Å². The van der Waals surface area contributed by atoms with E-state index in [1.165, 1.54) is 4.90 Å². The predicted octanol–water partition coefficient (Wildman–Crippen LogP) is 0.900. The van der Waals surface area contributed by atoms with Gasteiger partial charge in [-0.15, -0.1) is 0 Å². The number of hydrogen-bond acceptors (Lipinski definition) is 5. The van der Waals surface area contributed by atoms with Gasteiger partial charge >= 0.3 is 0 Å². The topological polar surface area (TPSA) is 161 Å². The number of amides is 4. The van der Waals surface area contributed by atoms with Crippen molar-refractivity contribution in [3.63, 3.8) is 0 Å². The Balaban J connectivity index is 1.41. The molecule has 3 heterocycles. The number of rotatable bonds is 7. The van der Waals surface area contributed by atoms with E-state index in [1.807, 2.05) is 18.2 Å². The third-order valence-electron chi connectivity index (χ3n) is 8.42. The van der Waals surface area contributed by atoms with Crippen LogP contribution >= 0.6 is 0 Å². The summed E-state index contributed by atoms with van der Waals surface area (Å²) in [5.41, 5.74) is 12.2. The molecule has 0 bridgehead atoms. The second kappa shape index (κ2) is 8.58. The summed E-state index contributed by atoms with van der Waals surface area (Å²) in [6.07, 6.45) is 3.00. The van der Waals surface area contributed by atoms with Gasteiger partial charge in [-0.3, -0.25) is 19.2 Å². The molecule has 3 aliphatic rings. The van der Waals surface area contributed by atoms with Crippen molar-refractivity contribution in [3.05, 3.63) is 30.0 Å². The van der Waals surface area contributed by atoms with E-state index in [0.717, 1.165) is 23.7 Å². The van der Waals surface area contributed by atoms with E-state index in [2.05, 4.69) is 10.3 Å². The first-order valence-electron chi connectivity index (χ1n) is 12.1. The molecule has 0 radical (unpaired) electrons. The molecule has 3 fully saturated rings. The van der Waals surface area contributed by atoms with Crippen LogP contribution in [-0.4, -0.2) is 59.8 Å². The van der Waals surface area contributed by atoms with Crippen LogP contribution in [0, 0.1) is 23.2 Å². The minimum Gasteiger partial charge on any atom is -0.496 e. The van der Waals surface area contributed by atoms with Crippen LogP contribution in [0.4, 0.5) is 0 Å². The van der Waals surface area contributed by atoms with Gasteiger partial charge in [0.1, 0.15) is 17.5 Å². The average molecular weight is 482 g/mol. The molecule has 4 amide bonds. The number of likely N-dealkylation sites (tertiary alicyclic amines) is 1. The van der Waals surface area contributed by atoms with Crippen molar-refractivity contribution in [2.45, 2.75) is 38.1 Å². The van der Waals surface area contributed by atoms with Crippen molar-refractivity contribution >= 4 is 34.5 Å². The lowest BCUT2D eigenvalue weighted by Crippen LogP contribution is -2.50. The van der Waals surface area contributed by atoms with Gasteiger partial charge in [-0.1, -0.05) is 6.07 Å². The fourth-order valence-corrected chi connectivity index (χ4v) is 6.50. The number of nitrogens with zero attached hydrogens (tertiary/aromatic N) is 1. The smallest absolute Gasteiger partial charge is 0.271 e. The normalized spacial score (nSPS) is 28.7. The summed E-state index contributed by atoms with van der Waals surface area (Å²) in [6, 6.07) is 6.44. The molecule has 1 saturated carbocycles. The number of fused-ring (bicyclic) bond motifs is 1. The number of H-pyrrole nitrogens is 1. The number of benzene rings is 1. The van der Waals surface area contributed by atoms with Crippen LogP contribution in [0.5, 0.6) is 5.75 Å². The molecule has 6 N–H and O–H groups in total. The van der Waals surface area contributed by atoms with E-state index in [9.17, 15) is 19.2 Å². The first-order valence-corrected chi connectivity index (χ1v) is 12.1. The third kappa shape index (κ3) is 3.81. The van der Waals surface area contributed by atoms with Crippen LogP contribution < -0.4 is 21.5 Å². The number of primary amides is 2. The van der Waals surface area contributed by atoms with Crippen molar-refractivity contribution < 1.29 is 23.9 Å². The molecule has 5 rings (SSSR count). The molecule has 2 aromatic rings. The maximum absolute atomic E-state index is 13.6. The first kappa shape index (κ1) is 23.2. The summed E-state index contributed by atoms with van der Waals surface area (Å²) in [4.78, 5) is 55.3. The van der Waals surface area contributed by atoms with E-state index in [0.29, 0.717) is 43.8 Å². The number of ether oxygens (including phenoxy) is 1. The average Bonchev–Trinajstić information content (AvgIpc) is 3.54. The molecule has 186 valence electrons. The van der Waals surface area contributed by atoms with E-state index in [-0.39, 0.29) is 23.7 Å². The molecule has 10 heteroatoms. The van der Waals surface area contributed by atoms with Gasteiger partial charge in [0, 0.05) is 35.8 Å². The molecule has 1 spiro atoms. The van der Waals surface area contributed by atoms with Crippen LogP contribution in [0.15, 0.2) is 24.3 Å². The van der Waals surface area contributed by atoms with E-state index in [1.54, 1.807) is 13.2 Å². The number of carbonyl (C=O) groups is 4. The zero-order chi connectivity index (χ0) is 24.9. The van der Waals surface area contributed by atoms with Gasteiger partial charge in [-0.25, -0.2) is 0 Å². The minimum atomic E-state index is -0.776. The molecular weight excluding hydrogens is 450 g/mol. The fourth-order valence-electron chi connectivity index (χ4n) is 6.50. The highest BCUT2D eigenvalue weighted by Gasteiger charge is 2.59. The highest BCUT2D eigenvalue weighted by molar-refractivity contribution is 6.01. The third-order valence-corrected chi connectivity index (χ3v) is 8.42. The second-order valence-electron chi connectivity index (χ2n) is 10.2. The molecule has 1 aliphatic carbocycles. The van der Waals surface area contributed by atoms with Crippen molar-refractivity contribution in [2.24, 2.45) is 34.6 Å². The van der Waals surface area contributed by atoms with Gasteiger partial charge in [-0.2, -0.15) is 0 Å². The summed E-state index contributed by atoms with van der Waals surface area (Å²) in [7, 11) is 1.57. The second-order valence-corrected chi connectivity index (χ2v) is 10.2. The van der Waals surface area contributed by atoms with Gasteiger partial charge in [0.05, 0.1) is 7.11 Å². The highest BCUT2D eigenvalue weighted by Crippen LogP contribution is 2.58. The number of nitrogens with one attached hydrogen (secondary N) is 2. The van der Waals surface area contributed by atoms with Crippen molar-refractivity contribution in [2.75, 3.05) is 20.2 Å². The maximum Gasteiger partial charge on any atom is 0.271 e. The lowest BCUT2D eigenvalue weighted by molar-refractivity contribution is -0.132. The van der Waals surface area contributed by atoms with Crippen LogP contribution in [0.25, 0.3) is 10.9 Å². The summed E-state index contributed by atoms with van der Waals surface area (Å²) >= 11 is 0. The largest absolute Gasteiger partial charge is 0.496 e. The molecule has 3 unspecified atom stereocenters. The molecule has 1 aromatic heterocycles. The lowest BCUT2D eigenvalue weighted by Gasteiger charge is -2.50. The molecule has 1 aromatic carbocycles. The van der Waals surface area contributed by atoms with Crippen LogP contribution in [0.3, 0.4) is 0 Å². The van der Waals surface area contributed by atoms with Gasteiger partial charge in [0.2, 0.25) is 17.7 Å².